The summed E-state index contributed by atoms with van der Waals surface area (Å²) in [6.07, 6.45) is 0.968. The summed E-state index contributed by atoms with van der Waals surface area (Å²) in [6, 6.07) is 44.8. The zero-order chi connectivity index (χ0) is 32.9. The van der Waals surface area contributed by atoms with Gasteiger partial charge in [0.2, 0.25) is 0 Å². The summed E-state index contributed by atoms with van der Waals surface area (Å²) in [4.78, 5) is 1.55. The molecule has 0 fully saturated rings. The average molecular weight is 692 g/mol. The van der Waals surface area contributed by atoms with Crippen LogP contribution < -0.4 is 4.74 Å². The van der Waals surface area contributed by atoms with Crippen molar-refractivity contribution in [2.75, 3.05) is 27.2 Å². The number of halogens is 4. The van der Waals surface area contributed by atoms with Crippen LogP contribution in [0.3, 0.4) is 0 Å². The van der Waals surface area contributed by atoms with E-state index in [0.717, 1.165) is 29.8 Å². The van der Waals surface area contributed by atoms with Crippen LogP contribution in [0.25, 0.3) is 11.1 Å². The van der Waals surface area contributed by atoms with Crippen molar-refractivity contribution >= 4 is 57.5 Å². The van der Waals surface area contributed by atoms with Gasteiger partial charge < -0.3 is 9.64 Å². The molecule has 0 saturated heterocycles. The number of alkyl halides is 2. The van der Waals surface area contributed by atoms with Gasteiger partial charge in [-0.05, 0) is 89.8 Å². The third-order valence-electron chi connectivity index (χ3n) is 7.51. The molecule has 46 heavy (non-hydrogen) atoms. The number of hydrogen-bond acceptors (Lipinski definition) is 2. The van der Waals surface area contributed by atoms with Crippen molar-refractivity contribution in [2.45, 2.75) is 24.1 Å². The van der Waals surface area contributed by atoms with E-state index in [-0.39, 0.29) is 5.92 Å². The smallest absolute Gasteiger partial charge is 0.119 e. The van der Waals surface area contributed by atoms with E-state index in [2.05, 4.69) is 111 Å². The fourth-order valence-electron chi connectivity index (χ4n) is 5.21. The van der Waals surface area contributed by atoms with Crippen LogP contribution in [0.2, 0.25) is 10.0 Å². The first-order chi connectivity index (χ1) is 22.3. The fourth-order valence-corrected chi connectivity index (χ4v) is 6.15. The number of allylic oxidation sites excluding steroid dienone is 1. The van der Waals surface area contributed by atoms with Gasteiger partial charge >= 0.3 is 0 Å². The SMILES string of the molecule is CC/C(=C(\c1ccccc1)c1ccc(OCCN(C)C)cc1)c1ccccc1.Clc1ccc(C(c2ccccc2Cl)C(Cl)Cl)cc1. The monoisotopic (exact) mass is 689 g/mol. The van der Waals surface area contributed by atoms with Crippen molar-refractivity contribution in [2.24, 2.45) is 0 Å². The van der Waals surface area contributed by atoms with Gasteiger partial charge in [0.1, 0.15) is 17.2 Å². The number of rotatable bonds is 11. The maximum absolute atomic E-state index is 6.20. The Morgan fingerprint density at radius 3 is 1.74 bits per heavy atom. The summed E-state index contributed by atoms with van der Waals surface area (Å²) in [5.41, 5.74) is 8.27. The molecule has 0 aromatic heterocycles. The second-order valence-corrected chi connectivity index (χ2v) is 13.0. The molecular weight excluding hydrogens is 652 g/mol. The summed E-state index contributed by atoms with van der Waals surface area (Å²) in [5.74, 6) is 0.745. The molecule has 5 aromatic carbocycles. The molecule has 238 valence electrons. The van der Waals surface area contributed by atoms with Gasteiger partial charge in [-0.3, -0.25) is 0 Å². The second kappa shape index (κ2) is 18.2. The van der Waals surface area contributed by atoms with Gasteiger partial charge in [0.05, 0.1) is 0 Å². The molecule has 1 unspecified atom stereocenters. The molecule has 2 nitrogen and oxygen atoms in total. The summed E-state index contributed by atoms with van der Waals surface area (Å²) in [7, 11) is 4.11. The minimum absolute atomic E-state index is 0.167. The number of hydrogen-bond donors (Lipinski definition) is 0. The van der Waals surface area contributed by atoms with Gasteiger partial charge in [-0.15, -0.1) is 23.2 Å². The fraction of sp³-hybridized carbons (Fsp3) is 0.200. The molecule has 0 aliphatic carbocycles. The molecule has 0 radical (unpaired) electrons. The van der Waals surface area contributed by atoms with Crippen molar-refractivity contribution in [1.82, 2.24) is 4.90 Å². The van der Waals surface area contributed by atoms with Crippen molar-refractivity contribution in [3.63, 3.8) is 0 Å². The molecule has 0 bridgehead atoms. The highest BCUT2D eigenvalue weighted by Crippen LogP contribution is 2.37. The van der Waals surface area contributed by atoms with Crippen molar-refractivity contribution in [3.8, 4) is 5.75 Å². The van der Waals surface area contributed by atoms with Crippen LogP contribution in [0, 0.1) is 0 Å². The lowest BCUT2D eigenvalue weighted by Gasteiger charge is -2.20. The topological polar surface area (TPSA) is 12.5 Å². The zero-order valence-electron chi connectivity index (χ0n) is 26.3. The van der Waals surface area contributed by atoms with Gasteiger partial charge in [0.15, 0.2) is 0 Å². The number of nitrogens with zero attached hydrogens (tertiary/aromatic N) is 1. The van der Waals surface area contributed by atoms with E-state index < -0.39 is 4.84 Å². The van der Waals surface area contributed by atoms with E-state index in [0.29, 0.717) is 16.7 Å². The molecule has 6 heteroatoms. The molecule has 0 N–H and O–H groups in total. The van der Waals surface area contributed by atoms with Crippen LogP contribution in [-0.2, 0) is 0 Å². The normalized spacial score (nSPS) is 12.3. The largest absolute Gasteiger partial charge is 0.492 e. The zero-order valence-corrected chi connectivity index (χ0v) is 29.4. The maximum Gasteiger partial charge on any atom is 0.119 e. The van der Waals surface area contributed by atoms with Crippen LogP contribution in [0.1, 0.15) is 47.1 Å². The highest BCUT2D eigenvalue weighted by molar-refractivity contribution is 6.45. The molecule has 1 atom stereocenters. The molecule has 0 amide bonds. The van der Waals surface area contributed by atoms with E-state index in [1.807, 2.05) is 48.5 Å². The Hall–Kier alpha value is -3.24. The quantitative estimate of drug-likeness (QED) is 0.101. The minimum atomic E-state index is -0.578. The van der Waals surface area contributed by atoms with E-state index in [1.54, 1.807) is 0 Å². The third-order valence-corrected chi connectivity index (χ3v) is 8.61. The lowest BCUT2D eigenvalue weighted by atomic mass is 9.88. The van der Waals surface area contributed by atoms with Crippen molar-refractivity contribution < 1.29 is 4.74 Å². The van der Waals surface area contributed by atoms with E-state index in [1.165, 1.54) is 27.8 Å². The molecular formula is C40H39Cl4NO. The second-order valence-electron chi connectivity index (χ2n) is 11.0. The molecule has 0 aliphatic heterocycles. The summed E-state index contributed by atoms with van der Waals surface area (Å²) in [6.45, 7) is 3.83. The van der Waals surface area contributed by atoms with Crippen LogP contribution in [0.4, 0.5) is 0 Å². The Morgan fingerprint density at radius 1 is 0.652 bits per heavy atom. The Balaban J connectivity index is 0.000000230. The van der Waals surface area contributed by atoms with E-state index in [4.69, 9.17) is 51.1 Å². The number of likely N-dealkylation sites (N-methyl/N-ethyl adjacent to an activating group) is 1. The van der Waals surface area contributed by atoms with Crippen LogP contribution in [-0.4, -0.2) is 37.0 Å². The van der Waals surface area contributed by atoms with Crippen molar-refractivity contribution in [1.29, 1.82) is 0 Å². The summed E-state index contributed by atoms with van der Waals surface area (Å²) >= 11 is 24.3. The Kier molecular flexibility index (Phi) is 14.1. The van der Waals surface area contributed by atoms with Gasteiger partial charge in [-0.1, -0.05) is 133 Å². The Morgan fingerprint density at radius 2 is 1.20 bits per heavy atom. The first kappa shape index (κ1) is 35.6. The van der Waals surface area contributed by atoms with Gasteiger partial charge in [-0.2, -0.15) is 0 Å². The van der Waals surface area contributed by atoms with Gasteiger partial charge in [0.25, 0.3) is 0 Å². The molecule has 5 rings (SSSR count). The van der Waals surface area contributed by atoms with Crippen LogP contribution in [0.5, 0.6) is 5.75 Å². The summed E-state index contributed by atoms with van der Waals surface area (Å²) < 4.78 is 5.87. The third kappa shape index (κ3) is 10.1. The van der Waals surface area contributed by atoms with Crippen LogP contribution >= 0.6 is 46.4 Å². The molecule has 0 saturated carbocycles. The van der Waals surface area contributed by atoms with Crippen LogP contribution in [0.15, 0.2) is 133 Å². The highest BCUT2D eigenvalue weighted by atomic mass is 35.5. The maximum atomic E-state index is 6.20. The average Bonchev–Trinajstić information content (AvgIpc) is 3.07. The van der Waals surface area contributed by atoms with E-state index >= 15 is 0 Å². The minimum Gasteiger partial charge on any atom is -0.492 e. The molecule has 0 spiro atoms. The van der Waals surface area contributed by atoms with Gasteiger partial charge in [0, 0.05) is 22.5 Å². The lowest BCUT2D eigenvalue weighted by Crippen LogP contribution is -2.19. The molecule has 5 aromatic rings. The predicted molar refractivity (Wildman–Crippen MR) is 200 cm³/mol. The highest BCUT2D eigenvalue weighted by Gasteiger charge is 2.23. The first-order valence-corrected chi connectivity index (χ1v) is 16.9. The first-order valence-electron chi connectivity index (χ1n) is 15.3. The van der Waals surface area contributed by atoms with E-state index in [9.17, 15) is 0 Å². The predicted octanol–water partition coefficient (Wildman–Crippen LogP) is 11.9. The Labute approximate surface area is 294 Å². The van der Waals surface area contributed by atoms with Gasteiger partial charge in [-0.25, -0.2) is 0 Å². The number of ether oxygens (including phenoxy) is 1. The standard InChI is InChI=1S/C26H29NO.C14H10Cl4/c1-4-25(21-11-7-5-8-12-21)26(22-13-9-6-10-14-22)23-15-17-24(18-16-23)28-20-19-27(2)3;15-10-7-5-9(6-8-10)13(14(17)18)11-3-1-2-4-12(11)16/h5-18H,4,19-20H2,1-3H3;1-8,13-14H/b26-25-;. The number of benzene rings is 5. The summed E-state index contributed by atoms with van der Waals surface area (Å²) in [5, 5.41) is 1.33. The molecule has 0 aliphatic rings. The van der Waals surface area contributed by atoms with Crippen molar-refractivity contribution in [3.05, 3.63) is 171 Å². The molecule has 0 heterocycles. The Bertz CT molecular complexity index is 1650. The lowest BCUT2D eigenvalue weighted by molar-refractivity contribution is 0.261.